The molecule has 1 rings (SSSR count). The minimum absolute atomic E-state index is 0.183. The normalized spacial score (nSPS) is 11.4. The van der Waals surface area contributed by atoms with E-state index in [0.29, 0.717) is 13.0 Å². The van der Waals surface area contributed by atoms with E-state index in [1.807, 2.05) is 12.1 Å². The maximum Gasteiger partial charge on any atom is 0.142 e. The van der Waals surface area contributed by atoms with Crippen LogP contribution in [0.4, 0.5) is 0 Å². The molecule has 0 unspecified atom stereocenters. The number of oxime groups is 1. The molecular weight excluding hydrogens is 204 g/mol. The molecule has 0 aliphatic heterocycles. The molecule has 0 atom stereocenters. The van der Waals surface area contributed by atoms with Gasteiger partial charge in [0.15, 0.2) is 0 Å². The van der Waals surface area contributed by atoms with E-state index >= 15 is 0 Å². The molecule has 3 N–H and O–H groups in total. The van der Waals surface area contributed by atoms with Crippen LogP contribution in [0.1, 0.15) is 25.3 Å². The van der Waals surface area contributed by atoms with Gasteiger partial charge in [-0.25, -0.2) is 0 Å². The highest BCUT2D eigenvalue weighted by Crippen LogP contribution is 2.13. The first kappa shape index (κ1) is 12.4. The van der Waals surface area contributed by atoms with Gasteiger partial charge in [0.2, 0.25) is 0 Å². The summed E-state index contributed by atoms with van der Waals surface area (Å²) in [5, 5.41) is 11.2. The van der Waals surface area contributed by atoms with Crippen molar-refractivity contribution in [3.8, 4) is 5.75 Å². The third-order valence-electron chi connectivity index (χ3n) is 2.22. The predicted molar refractivity (Wildman–Crippen MR) is 64.0 cm³/mol. The summed E-state index contributed by atoms with van der Waals surface area (Å²) < 4.78 is 5.44. The lowest BCUT2D eigenvalue weighted by atomic mass is 10.1. The Morgan fingerprint density at radius 1 is 1.38 bits per heavy atom. The zero-order valence-corrected chi connectivity index (χ0v) is 9.52. The highest BCUT2D eigenvalue weighted by atomic mass is 16.5. The van der Waals surface area contributed by atoms with Crippen molar-refractivity contribution < 1.29 is 9.94 Å². The van der Waals surface area contributed by atoms with Crippen LogP contribution in [-0.2, 0) is 6.42 Å². The second-order valence-corrected chi connectivity index (χ2v) is 3.58. The molecule has 0 radical (unpaired) electrons. The van der Waals surface area contributed by atoms with Gasteiger partial charge in [0.25, 0.3) is 0 Å². The molecule has 0 bridgehead atoms. The summed E-state index contributed by atoms with van der Waals surface area (Å²) in [6, 6.07) is 8.00. The molecule has 0 saturated heterocycles. The number of hydrogen-bond donors (Lipinski definition) is 2. The Morgan fingerprint density at radius 3 is 2.62 bits per heavy atom. The van der Waals surface area contributed by atoms with Crippen molar-refractivity contribution in [1.82, 2.24) is 0 Å². The molecule has 0 aliphatic carbocycles. The first-order chi connectivity index (χ1) is 7.76. The van der Waals surface area contributed by atoms with Crippen LogP contribution >= 0.6 is 0 Å². The third-order valence-corrected chi connectivity index (χ3v) is 2.22. The summed E-state index contributed by atoms with van der Waals surface area (Å²) in [4.78, 5) is 0. The van der Waals surface area contributed by atoms with Crippen molar-refractivity contribution in [2.24, 2.45) is 10.9 Å². The summed E-state index contributed by atoms with van der Waals surface area (Å²) in [7, 11) is 0. The Bertz CT molecular complexity index is 333. The van der Waals surface area contributed by atoms with Crippen LogP contribution in [0.5, 0.6) is 5.75 Å². The van der Waals surface area contributed by atoms with Gasteiger partial charge in [-0.15, -0.1) is 0 Å². The molecule has 0 heterocycles. The highest BCUT2D eigenvalue weighted by molar-refractivity contribution is 5.79. The molecule has 0 fully saturated rings. The number of ether oxygens (including phenoxy) is 1. The van der Waals surface area contributed by atoms with Gasteiger partial charge >= 0.3 is 0 Å². The summed E-state index contributed by atoms with van der Waals surface area (Å²) in [5.74, 6) is 0.994. The van der Waals surface area contributed by atoms with Crippen LogP contribution in [0.15, 0.2) is 29.4 Å². The lowest BCUT2D eigenvalue weighted by Crippen LogP contribution is -2.15. The van der Waals surface area contributed by atoms with E-state index in [4.69, 9.17) is 15.7 Å². The first-order valence-corrected chi connectivity index (χ1v) is 5.44. The van der Waals surface area contributed by atoms with E-state index in [1.54, 1.807) is 0 Å². The Labute approximate surface area is 95.7 Å². The number of amidine groups is 1. The van der Waals surface area contributed by atoms with Crippen molar-refractivity contribution in [3.05, 3.63) is 29.8 Å². The van der Waals surface area contributed by atoms with Gasteiger partial charge in [-0.1, -0.05) is 30.6 Å². The van der Waals surface area contributed by atoms with Gasteiger partial charge < -0.3 is 15.7 Å². The van der Waals surface area contributed by atoms with Crippen molar-refractivity contribution in [1.29, 1.82) is 0 Å². The summed E-state index contributed by atoms with van der Waals surface area (Å²) in [6.07, 6.45) is 2.65. The fourth-order valence-corrected chi connectivity index (χ4v) is 1.36. The van der Waals surface area contributed by atoms with E-state index < -0.39 is 0 Å². The number of hydrogen-bond acceptors (Lipinski definition) is 3. The summed E-state index contributed by atoms with van der Waals surface area (Å²) in [5.41, 5.74) is 6.63. The summed E-state index contributed by atoms with van der Waals surface area (Å²) >= 11 is 0. The molecule has 0 amide bonds. The van der Waals surface area contributed by atoms with Gasteiger partial charge in [0.05, 0.1) is 6.61 Å². The SMILES string of the molecule is CCCc1ccc(OCCC(N)=NO)cc1. The van der Waals surface area contributed by atoms with Gasteiger partial charge in [0, 0.05) is 6.42 Å². The smallest absolute Gasteiger partial charge is 0.142 e. The van der Waals surface area contributed by atoms with E-state index in [1.165, 1.54) is 5.56 Å². The molecule has 4 heteroatoms. The Morgan fingerprint density at radius 2 is 2.06 bits per heavy atom. The zero-order chi connectivity index (χ0) is 11.8. The zero-order valence-electron chi connectivity index (χ0n) is 9.52. The Kier molecular flexibility index (Phi) is 5.19. The Balaban J connectivity index is 2.37. The molecule has 0 aromatic heterocycles. The summed E-state index contributed by atoms with van der Waals surface area (Å²) in [6.45, 7) is 2.57. The molecule has 0 aliphatic rings. The molecule has 0 saturated carbocycles. The molecule has 1 aromatic carbocycles. The van der Waals surface area contributed by atoms with Gasteiger partial charge in [-0.2, -0.15) is 0 Å². The maximum atomic E-state index is 8.33. The second kappa shape index (κ2) is 6.71. The number of benzene rings is 1. The van der Waals surface area contributed by atoms with Crippen LogP contribution in [0.3, 0.4) is 0 Å². The Hall–Kier alpha value is -1.71. The first-order valence-electron chi connectivity index (χ1n) is 5.44. The average Bonchev–Trinajstić information content (AvgIpc) is 2.31. The molecule has 1 aromatic rings. The fraction of sp³-hybridized carbons (Fsp3) is 0.417. The number of nitrogens with zero attached hydrogens (tertiary/aromatic N) is 1. The maximum absolute atomic E-state index is 8.33. The second-order valence-electron chi connectivity index (χ2n) is 3.58. The standard InChI is InChI=1S/C12H18N2O2/c1-2-3-10-4-6-11(7-5-10)16-9-8-12(13)14-15/h4-7,15H,2-3,8-9H2,1H3,(H2,13,14). The quantitative estimate of drug-likeness (QED) is 0.335. The highest BCUT2D eigenvalue weighted by Gasteiger charge is 1.97. The van der Waals surface area contributed by atoms with Gasteiger partial charge in [-0.05, 0) is 24.1 Å². The van der Waals surface area contributed by atoms with E-state index in [0.717, 1.165) is 18.6 Å². The molecule has 4 nitrogen and oxygen atoms in total. The van der Waals surface area contributed by atoms with Crippen LogP contribution in [0, 0.1) is 0 Å². The van der Waals surface area contributed by atoms with E-state index in [-0.39, 0.29) is 5.84 Å². The monoisotopic (exact) mass is 222 g/mol. The third kappa shape index (κ3) is 4.21. The van der Waals surface area contributed by atoms with E-state index in [9.17, 15) is 0 Å². The number of nitrogens with two attached hydrogens (primary N) is 1. The topological polar surface area (TPSA) is 67.8 Å². The van der Waals surface area contributed by atoms with Crippen LogP contribution in [0.25, 0.3) is 0 Å². The fourth-order valence-electron chi connectivity index (χ4n) is 1.36. The van der Waals surface area contributed by atoms with Crippen molar-refractivity contribution >= 4 is 5.84 Å². The minimum atomic E-state index is 0.183. The average molecular weight is 222 g/mol. The molecule has 0 spiro atoms. The van der Waals surface area contributed by atoms with Crippen molar-refractivity contribution in [3.63, 3.8) is 0 Å². The largest absolute Gasteiger partial charge is 0.493 e. The predicted octanol–water partition coefficient (Wildman–Crippen LogP) is 2.15. The van der Waals surface area contributed by atoms with Crippen molar-refractivity contribution in [2.75, 3.05) is 6.61 Å². The van der Waals surface area contributed by atoms with Crippen LogP contribution in [-0.4, -0.2) is 17.6 Å². The number of aryl methyl sites for hydroxylation is 1. The van der Waals surface area contributed by atoms with E-state index in [2.05, 4.69) is 24.2 Å². The molecule has 16 heavy (non-hydrogen) atoms. The van der Waals surface area contributed by atoms with Gasteiger partial charge in [0.1, 0.15) is 11.6 Å². The van der Waals surface area contributed by atoms with Gasteiger partial charge in [-0.3, -0.25) is 0 Å². The minimum Gasteiger partial charge on any atom is -0.493 e. The lowest BCUT2D eigenvalue weighted by molar-refractivity contribution is 0.305. The van der Waals surface area contributed by atoms with Crippen molar-refractivity contribution in [2.45, 2.75) is 26.2 Å². The van der Waals surface area contributed by atoms with Crippen LogP contribution < -0.4 is 10.5 Å². The molecular formula is C12H18N2O2. The number of rotatable bonds is 6. The van der Waals surface area contributed by atoms with Crippen LogP contribution in [0.2, 0.25) is 0 Å². The lowest BCUT2D eigenvalue weighted by Gasteiger charge is -2.06. The molecule has 88 valence electrons.